The van der Waals surface area contributed by atoms with E-state index < -0.39 is 18.4 Å². The Bertz CT molecular complexity index is 858. The Balaban J connectivity index is 1.82. The average Bonchev–Trinajstić information content (AvgIpc) is 3.09. The SMILES string of the molecule is O=C(O)CN1C(=O)/C(=C/c2ccc(-c3ccc(F)cc3)s2)SC1=S. The molecule has 2 heterocycles. The van der Waals surface area contributed by atoms with Crippen molar-refractivity contribution in [1.82, 2.24) is 4.90 Å². The van der Waals surface area contributed by atoms with Crippen LogP contribution in [0.3, 0.4) is 0 Å². The number of halogens is 1. The van der Waals surface area contributed by atoms with E-state index in [0.717, 1.165) is 32.0 Å². The van der Waals surface area contributed by atoms with Crippen LogP contribution in [0.15, 0.2) is 41.3 Å². The molecule has 0 saturated carbocycles. The van der Waals surface area contributed by atoms with Crippen molar-refractivity contribution in [2.75, 3.05) is 6.54 Å². The third-order valence-electron chi connectivity index (χ3n) is 3.20. The zero-order valence-electron chi connectivity index (χ0n) is 12.1. The highest BCUT2D eigenvalue weighted by atomic mass is 32.2. The van der Waals surface area contributed by atoms with Crippen molar-refractivity contribution in [3.63, 3.8) is 0 Å². The largest absolute Gasteiger partial charge is 0.480 e. The van der Waals surface area contributed by atoms with E-state index in [1.54, 1.807) is 18.2 Å². The van der Waals surface area contributed by atoms with E-state index in [9.17, 15) is 14.0 Å². The fraction of sp³-hybridized carbons (Fsp3) is 0.0625. The maximum absolute atomic E-state index is 13.0. The van der Waals surface area contributed by atoms with Crippen LogP contribution in [0, 0.1) is 5.82 Å². The van der Waals surface area contributed by atoms with Crippen LogP contribution < -0.4 is 0 Å². The number of carbonyl (C=O) groups is 2. The van der Waals surface area contributed by atoms with Crippen LogP contribution in [-0.2, 0) is 9.59 Å². The molecule has 0 atom stereocenters. The minimum atomic E-state index is -1.11. The number of carboxylic acid groups (broad SMARTS) is 1. The summed E-state index contributed by atoms with van der Waals surface area (Å²) in [5.74, 6) is -1.80. The minimum absolute atomic E-state index is 0.240. The first-order valence-corrected chi connectivity index (χ1v) is 8.81. The molecule has 2 aromatic rings. The van der Waals surface area contributed by atoms with Gasteiger partial charge in [0.05, 0.1) is 4.91 Å². The quantitative estimate of drug-likeness (QED) is 0.646. The molecule has 24 heavy (non-hydrogen) atoms. The molecule has 122 valence electrons. The lowest BCUT2D eigenvalue weighted by molar-refractivity contribution is -0.140. The zero-order chi connectivity index (χ0) is 17.3. The molecule has 0 unspecified atom stereocenters. The summed E-state index contributed by atoms with van der Waals surface area (Å²) in [7, 11) is 0. The predicted octanol–water partition coefficient (Wildman–Crippen LogP) is 3.84. The Morgan fingerprint density at radius 2 is 1.96 bits per heavy atom. The summed E-state index contributed by atoms with van der Waals surface area (Å²) in [4.78, 5) is 26.3. The Labute approximate surface area is 150 Å². The van der Waals surface area contributed by atoms with Gasteiger partial charge in [-0.2, -0.15) is 0 Å². The van der Waals surface area contributed by atoms with Gasteiger partial charge in [-0.25, -0.2) is 4.39 Å². The molecule has 1 aliphatic rings. The molecule has 8 heteroatoms. The second-order valence-corrected chi connectivity index (χ2v) is 7.66. The number of thiocarbonyl (C=S) groups is 1. The van der Waals surface area contributed by atoms with Crippen LogP contribution in [0.25, 0.3) is 16.5 Å². The number of aliphatic carboxylic acids is 1. The van der Waals surface area contributed by atoms with Crippen molar-refractivity contribution in [1.29, 1.82) is 0 Å². The molecule has 1 saturated heterocycles. The lowest BCUT2D eigenvalue weighted by atomic mass is 10.2. The van der Waals surface area contributed by atoms with E-state index in [2.05, 4.69) is 0 Å². The van der Waals surface area contributed by atoms with Gasteiger partial charge in [-0.15, -0.1) is 11.3 Å². The van der Waals surface area contributed by atoms with Gasteiger partial charge >= 0.3 is 5.97 Å². The molecular weight excluding hydrogens is 369 g/mol. The predicted molar refractivity (Wildman–Crippen MR) is 97.2 cm³/mol. The average molecular weight is 379 g/mol. The first-order chi connectivity index (χ1) is 11.4. The number of nitrogens with zero attached hydrogens (tertiary/aromatic N) is 1. The van der Waals surface area contributed by atoms with Crippen LogP contribution in [0.5, 0.6) is 0 Å². The standard InChI is InChI=1S/C16H10FNO3S3/c17-10-3-1-9(2-4-10)12-6-5-11(23-12)7-13-15(21)18(8-14(19)20)16(22)24-13/h1-7H,8H2,(H,19,20)/b13-7-. The minimum Gasteiger partial charge on any atom is -0.480 e. The fourth-order valence-electron chi connectivity index (χ4n) is 2.10. The Kier molecular flexibility index (Phi) is 4.79. The number of amides is 1. The number of thiophene rings is 1. The first-order valence-electron chi connectivity index (χ1n) is 6.77. The highest BCUT2D eigenvalue weighted by molar-refractivity contribution is 8.26. The molecule has 1 aromatic heterocycles. The highest BCUT2D eigenvalue weighted by Crippen LogP contribution is 2.35. The molecule has 1 fully saturated rings. The molecule has 0 radical (unpaired) electrons. The van der Waals surface area contributed by atoms with E-state index >= 15 is 0 Å². The second kappa shape index (κ2) is 6.84. The van der Waals surface area contributed by atoms with Crippen molar-refractivity contribution < 1.29 is 19.1 Å². The van der Waals surface area contributed by atoms with Crippen LogP contribution in [0.2, 0.25) is 0 Å². The Morgan fingerprint density at radius 1 is 1.25 bits per heavy atom. The Morgan fingerprint density at radius 3 is 2.62 bits per heavy atom. The molecular formula is C16H10FNO3S3. The van der Waals surface area contributed by atoms with Crippen molar-refractivity contribution in [2.45, 2.75) is 0 Å². The lowest BCUT2D eigenvalue weighted by Gasteiger charge is -2.09. The number of carbonyl (C=O) groups excluding carboxylic acids is 1. The van der Waals surface area contributed by atoms with E-state index in [1.165, 1.54) is 23.5 Å². The third-order valence-corrected chi connectivity index (χ3v) is 5.65. The summed E-state index contributed by atoms with van der Waals surface area (Å²) >= 11 is 7.60. The van der Waals surface area contributed by atoms with Gasteiger partial charge in [0.25, 0.3) is 5.91 Å². The molecule has 1 aromatic carbocycles. The summed E-state index contributed by atoms with van der Waals surface area (Å²) in [6.07, 6.45) is 1.69. The molecule has 4 nitrogen and oxygen atoms in total. The molecule has 3 rings (SSSR count). The molecule has 1 N–H and O–H groups in total. The Hall–Kier alpha value is -2.03. The van der Waals surface area contributed by atoms with Gasteiger partial charge in [-0.1, -0.05) is 36.1 Å². The van der Waals surface area contributed by atoms with Gasteiger partial charge in [0.15, 0.2) is 0 Å². The topological polar surface area (TPSA) is 57.6 Å². The van der Waals surface area contributed by atoms with Crippen LogP contribution in [-0.4, -0.2) is 32.7 Å². The number of carboxylic acids is 1. The van der Waals surface area contributed by atoms with Crippen molar-refractivity contribution in [3.8, 4) is 10.4 Å². The fourth-order valence-corrected chi connectivity index (χ4v) is 4.38. The van der Waals surface area contributed by atoms with Crippen molar-refractivity contribution in [3.05, 3.63) is 52.0 Å². The molecule has 1 amide bonds. The van der Waals surface area contributed by atoms with Crippen LogP contribution >= 0.6 is 35.3 Å². The first kappa shape index (κ1) is 16.8. The van der Waals surface area contributed by atoms with Gasteiger partial charge in [-0.3, -0.25) is 14.5 Å². The highest BCUT2D eigenvalue weighted by Gasteiger charge is 2.33. The van der Waals surface area contributed by atoms with Gasteiger partial charge < -0.3 is 5.11 Å². The van der Waals surface area contributed by atoms with E-state index in [4.69, 9.17) is 17.3 Å². The summed E-state index contributed by atoms with van der Waals surface area (Å²) in [5.41, 5.74) is 0.888. The van der Waals surface area contributed by atoms with Gasteiger partial charge in [0, 0.05) is 9.75 Å². The summed E-state index contributed by atoms with van der Waals surface area (Å²) in [6.45, 7) is -0.437. The van der Waals surface area contributed by atoms with E-state index in [-0.39, 0.29) is 10.1 Å². The van der Waals surface area contributed by atoms with Crippen LogP contribution in [0.4, 0.5) is 4.39 Å². The maximum Gasteiger partial charge on any atom is 0.323 e. The number of benzene rings is 1. The third kappa shape index (κ3) is 3.55. The summed E-state index contributed by atoms with van der Waals surface area (Å²) in [5, 5.41) is 8.83. The van der Waals surface area contributed by atoms with Gasteiger partial charge in [-0.05, 0) is 35.9 Å². The number of hydrogen-bond acceptors (Lipinski definition) is 5. The summed E-state index contributed by atoms with van der Waals surface area (Å²) in [6, 6.07) is 9.92. The maximum atomic E-state index is 13.0. The van der Waals surface area contributed by atoms with Gasteiger partial charge in [0.1, 0.15) is 16.7 Å². The molecule has 1 aliphatic heterocycles. The number of thioether (sulfide) groups is 1. The van der Waals surface area contributed by atoms with E-state index in [0.29, 0.717) is 4.91 Å². The zero-order valence-corrected chi connectivity index (χ0v) is 14.5. The second-order valence-electron chi connectivity index (χ2n) is 4.87. The van der Waals surface area contributed by atoms with E-state index in [1.807, 2.05) is 12.1 Å². The monoisotopic (exact) mass is 379 g/mol. The number of rotatable bonds is 4. The van der Waals surface area contributed by atoms with Crippen molar-refractivity contribution >= 4 is 57.6 Å². The normalized spacial score (nSPS) is 16.2. The molecule has 0 aliphatic carbocycles. The van der Waals surface area contributed by atoms with Crippen molar-refractivity contribution in [2.24, 2.45) is 0 Å². The summed E-state index contributed by atoms with van der Waals surface area (Å²) < 4.78 is 13.2. The lowest BCUT2D eigenvalue weighted by Crippen LogP contribution is -2.33. The molecule has 0 bridgehead atoms. The molecule has 0 spiro atoms. The smallest absolute Gasteiger partial charge is 0.323 e. The van der Waals surface area contributed by atoms with Crippen LogP contribution in [0.1, 0.15) is 4.88 Å². The number of hydrogen-bond donors (Lipinski definition) is 1. The van der Waals surface area contributed by atoms with Gasteiger partial charge in [0.2, 0.25) is 0 Å².